The molecule has 2 N–H and O–H groups in total. The standard InChI is InChI=1S/C18H23ClN2O4/c1-2-21-12-15(18(19)23)17(22)14-11-13(3-4-16(14)21)5-7-24-9-10-25-8-6-20/h3-4,11-12H,2,5-10,20H2,1H3. The maximum Gasteiger partial charge on any atom is 0.257 e. The fourth-order valence-corrected chi connectivity index (χ4v) is 2.73. The molecule has 1 aromatic heterocycles. The lowest BCUT2D eigenvalue weighted by molar-refractivity contribution is 0.0519. The summed E-state index contributed by atoms with van der Waals surface area (Å²) in [5, 5.41) is -0.238. The molecule has 0 aliphatic carbocycles. The molecule has 0 saturated heterocycles. The quantitative estimate of drug-likeness (QED) is 0.513. The molecule has 2 aromatic rings. The van der Waals surface area contributed by atoms with Crippen molar-refractivity contribution in [3.63, 3.8) is 0 Å². The summed E-state index contributed by atoms with van der Waals surface area (Å²) >= 11 is 5.54. The molecular weight excluding hydrogens is 344 g/mol. The van der Waals surface area contributed by atoms with Crippen molar-refractivity contribution in [2.24, 2.45) is 5.73 Å². The average molecular weight is 367 g/mol. The Morgan fingerprint density at radius 1 is 1.20 bits per heavy atom. The van der Waals surface area contributed by atoms with Crippen LogP contribution in [0.1, 0.15) is 22.8 Å². The van der Waals surface area contributed by atoms with E-state index in [1.165, 1.54) is 6.20 Å². The number of hydrogen-bond acceptors (Lipinski definition) is 5. The average Bonchev–Trinajstić information content (AvgIpc) is 2.61. The molecule has 0 aliphatic rings. The molecule has 136 valence electrons. The topological polar surface area (TPSA) is 83.5 Å². The third-order valence-corrected chi connectivity index (χ3v) is 4.07. The number of hydrogen-bond donors (Lipinski definition) is 1. The van der Waals surface area contributed by atoms with Gasteiger partial charge < -0.3 is 19.8 Å². The molecule has 6 nitrogen and oxygen atoms in total. The number of benzene rings is 1. The summed E-state index contributed by atoms with van der Waals surface area (Å²) in [6.07, 6.45) is 2.18. The molecule has 0 fully saturated rings. The van der Waals surface area contributed by atoms with Gasteiger partial charge in [-0.1, -0.05) is 6.07 Å². The smallest absolute Gasteiger partial charge is 0.257 e. The number of carbonyl (C=O) groups is 1. The highest BCUT2D eigenvalue weighted by Crippen LogP contribution is 2.16. The van der Waals surface area contributed by atoms with Gasteiger partial charge in [-0.15, -0.1) is 0 Å². The first-order chi connectivity index (χ1) is 12.1. The second-order valence-corrected chi connectivity index (χ2v) is 5.89. The molecule has 0 aliphatic heterocycles. The van der Waals surface area contributed by atoms with Crippen molar-refractivity contribution in [2.75, 3.05) is 33.0 Å². The van der Waals surface area contributed by atoms with Gasteiger partial charge in [-0.05, 0) is 42.6 Å². The summed E-state index contributed by atoms with van der Waals surface area (Å²) in [7, 11) is 0. The van der Waals surface area contributed by atoms with Gasteiger partial charge in [-0.3, -0.25) is 9.59 Å². The van der Waals surface area contributed by atoms with Gasteiger partial charge in [0.1, 0.15) is 0 Å². The lowest BCUT2D eigenvalue weighted by atomic mass is 10.1. The fraction of sp³-hybridized carbons (Fsp3) is 0.444. The first-order valence-corrected chi connectivity index (χ1v) is 8.67. The Kier molecular flexibility index (Phi) is 7.58. The van der Waals surface area contributed by atoms with E-state index >= 15 is 0 Å². The number of carbonyl (C=O) groups excluding carboxylic acids is 1. The third kappa shape index (κ3) is 5.12. The summed E-state index contributed by atoms with van der Waals surface area (Å²) in [4.78, 5) is 24.0. The van der Waals surface area contributed by atoms with Crippen molar-refractivity contribution in [1.29, 1.82) is 0 Å². The van der Waals surface area contributed by atoms with Crippen LogP contribution in [0.3, 0.4) is 0 Å². The molecule has 0 unspecified atom stereocenters. The Labute approximate surface area is 151 Å². The Morgan fingerprint density at radius 3 is 2.56 bits per heavy atom. The summed E-state index contributed by atoms with van der Waals surface area (Å²) in [6.45, 7) is 5.14. The van der Waals surface area contributed by atoms with Crippen molar-refractivity contribution >= 4 is 27.7 Å². The van der Waals surface area contributed by atoms with E-state index in [9.17, 15) is 9.59 Å². The third-order valence-electron chi connectivity index (χ3n) is 3.87. The number of nitrogens with two attached hydrogens (primary N) is 1. The highest BCUT2D eigenvalue weighted by Gasteiger charge is 2.13. The van der Waals surface area contributed by atoms with Gasteiger partial charge in [-0.25, -0.2) is 0 Å². The fourth-order valence-electron chi connectivity index (χ4n) is 2.60. The van der Waals surface area contributed by atoms with Crippen molar-refractivity contribution in [1.82, 2.24) is 4.57 Å². The molecule has 7 heteroatoms. The predicted octanol–water partition coefficient (Wildman–Crippen LogP) is 1.93. The summed E-state index contributed by atoms with van der Waals surface area (Å²) in [6, 6.07) is 5.66. The Balaban J connectivity index is 2.11. The van der Waals surface area contributed by atoms with Crippen molar-refractivity contribution in [3.05, 3.63) is 45.7 Å². The number of aromatic nitrogens is 1. The van der Waals surface area contributed by atoms with Crippen LogP contribution in [-0.2, 0) is 22.4 Å². The van der Waals surface area contributed by atoms with E-state index in [1.807, 2.05) is 23.6 Å². The maximum atomic E-state index is 12.5. The molecule has 0 radical (unpaired) electrons. The molecular formula is C18H23ClN2O4. The van der Waals surface area contributed by atoms with Crippen LogP contribution in [0.15, 0.2) is 29.2 Å². The normalized spacial score (nSPS) is 11.2. The molecule has 1 heterocycles. The Hall–Kier alpha value is -1.73. The largest absolute Gasteiger partial charge is 0.379 e. The van der Waals surface area contributed by atoms with Gasteiger partial charge in [-0.2, -0.15) is 0 Å². The minimum Gasteiger partial charge on any atom is -0.379 e. The summed E-state index contributed by atoms with van der Waals surface area (Å²) < 4.78 is 12.6. The van der Waals surface area contributed by atoms with Crippen molar-refractivity contribution in [2.45, 2.75) is 19.9 Å². The van der Waals surface area contributed by atoms with E-state index in [0.29, 0.717) is 51.3 Å². The predicted molar refractivity (Wildman–Crippen MR) is 98.5 cm³/mol. The zero-order valence-corrected chi connectivity index (χ0v) is 15.1. The van der Waals surface area contributed by atoms with Gasteiger partial charge in [0.25, 0.3) is 5.24 Å². The highest BCUT2D eigenvalue weighted by molar-refractivity contribution is 6.67. The minimum absolute atomic E-state index is 0.00136. The van der Waals surface area contributed by atoms with Crippen molar-refractivity contribution in [3.8, 4) is 0 Å². The number of halogens is 1. The van der Waals surface area contributed by atoms with Gasteiger partial charge in [0.15, 0.2) is 0 Å². The van der Waals surface area contributed by atoms with E-state index in [1.54, 1.807) is 6.07 Å². The van der Waals surface area contributed by atoms with Gasteiger partial charge in [0, 0.05) is 24.7 Å². The summed E-state index contributed by atoms with van der Waals surface area (Å²) in [5.41, 5.74) is 6.75. The molecule has 0 atom stereocenters. The maximum absolute atomic E-state index is 12.5. The number of fused-ring (bicyclic) bond motifs is 1. The first kappa shape index (κ1) is 19.6. The van der Waals surface area contributed by atoms with Crippen molar-refractivity contribution < 1.29 is 14.3 Å². The van der Waals surface area contributed by atoms with E-state index < -0.39 is 5.24 Å². The van der Waals surface area contributed by atoms with Crippen LogP contribution >= 0.6 is 11.6 Å². The molecule has 0 bridgehead atoms. The molecule has 2 rings (SSSR count). The molecule has 0 saturated carbocycles. The number of pyridine rings is 1. The van der Waals surface area contributed by atoms with Gasteiger partial charge in [0.05, 0.1) is 37.5 Å². The monoisotopic (exact) mass is 366 g/mol. The molecule has 0 amide bonds. The number of rotatable bonds is 10. The van der Waals surface area contributed by atoms with E-state index in [0.717, 1.165) is 11.1 Å². The van der Waals surface area contributed by atoms with Crippen LogP contribution in [0.5, 0.6) is 0 Å². The van der Waals surface area contributed by atoms with Crippen LogP contribution in [0.2, 0.25) is 0 Å². The number of aryl methyl sites for hydroxylation is 1. The second-order valence-electron chi connectivity index (χ2n) is 5.55. The second kappa shape index (κ2) is 9.68. The van der Waals surface area contributed by atoms with E-state index in [2.05, 4.69) is 0 Å². The SMILES string of the molecule is CCn1cc(C(=O)Cl)c(=O)c2cc(CCOCCOCCN)ccc21. The van der Waals surface area contributed by atoms with Crippen LogP contribution in [0.4, 0.5) is 0 Å². The van der Waals surface area contributed by atoms with Crippen LogP contribution in [-0.4, -0.2) is 42.8 Å². The van der Waals surface area contributed by atoms with E-state index in [4.69, 9.17) is 26.8 Å². The number of nitrogens with zero attached hydrogens (tertiary/aromatic N) is 1. The minimum atomic E-state index is -0.736. The lowest BCUT2D eigenvalue weighted by Crippen LogP contribution is -2.17. The molecule has 25 heavy (non-hydrogen) atoms. The Bertz CT molecular complexity index is 788. The zero-order chi connectivity index (χ0) is 18.2. The summed E-state index contributed by atoms with van der Waals surface area (Å²) in [5.74, 6) is 0. The number of ether oxygens (including phenoxy) is 2. The van der Waals surface area contributed by atoms with Crippen LogP contribution < -0.4 is 11.2 Å². The van der Waals surface area contributed by atoms with Gasteiger partial charge in [0.2, 0.25) is 5.43 Å². The lowest BCUT2D eigenvalue weighted by Gasteiger charge is -2.11. The molecule has 1 aromatic carbocycles. The Morgan fingerprint density at radius 2 is 1.92 bits per heavy atom. The zero-order valence-electron chi connectivity index (χ0n) is 14.3. The van der Waals surface area contributed by atoms with Gasteiger partial charge >= 0.3 is 0 Å². The van der Waals surface area contributed by atoms with Crippen LogP contribution in [0, 0.1) is 0 Å². The van der Waals surface area contributed by atoms with Crippen LogP contribution in [0.25, 0.3) is 10.9 Å². The van der Waals surface area contributed by atoms with E-state index in [-0.39, 0.29) is 11.0 Å². The molecule has 0 spiro atoms. The first-order valence-electron chi connectivity index (χ1n) is 8.30. The highest BCUT2D eigenvalue weighted by atomic mass is 35.5.